The monoisotopic (exact) mass is 333 g/mol. The number of hydrogen-bond donors (Lipinski definition) is 3. The summed E-state index contributed by atoms with van der Waals surface area (Å²) in [6.07, 6.45) is 1.50. The minimum Gasteiger partial charge on any atom is -0.329 e. The van der Waals surface area contributed by atoms with Crippen LogP contribution >= 0.6 is 0 Å². The van der Waals surface area contributed by atoms with Gasteiger partial charge in [-0.15, -0.1) is 0 Å². The van der Waals surface area contributed by atoms with Gasteiger partial charge in [-0.05, 0) is 17.2 Å². The third kappa shape index (κ3) is 4.65. The number of rotatable bonds is 6. The van der Waals surface area contributed by atoms with E-state index in [2.05, 4.69) is 15.6 Å². The molecule has 5 heteroatoms. The summed E-state index contributed by atoms with van der Waals surface area (Å²) in [7, 11) is 0. The second-order valence-corrected chi connectivity index (χ2v) is 5.63. The number of nitrogens with one attached hydrogen (secondary N) is 3. The van der Waals surface area contributed by atoms with Crippen LogP contribution in [0, 0.1) is 0 Å². The molecule has 0 atom stereocenters. The molecule has 2 aromatic carbocycles. The molecule has 0 unspecified atom stereocenters. The average molecular weight is 333 g/mol. The Kier molecular flexibility index (Phi) is 5.39. The van der Waals surface area contributed by atoms with E-state index in [9.17, 15) is 9.59 Å². The standard InChI is InChI=1S/C20H19N3O2/c24-18-13-17(11-12-21-18)23-19(25)14-22-20(15-7-3-1-4-8-15)16-9-5-2-6-10-16/h1-13,20,22H,14H2,(H2,21,23,24,25). The zero-order chi connectivity index (χ0) is 17.5. The van der Waals surface area contributed by atoms with E-state index in [1.165, 1.54) is 12.3 Å². The maximum absolute atomic E-state index is 12.2. The van der Waals surface area contributed by atoms with E-state index in [0.717, 1.165) is 11.1 Å². The number of benzene rings is 2. The van der Waals surface area contributed by atoms with E-state index in [1.54, 1.807) is 6.07 Å². The van der Waals surface area contributed by atoms with Crippen LogP contribution in [0.5, 0.6) is 0 Å². The second-order valence-electron chi connectivity index (χ2n) is 5.63. The lowest BCUT2D eigenvalue weighted by Gasteiger charge is -2.19. The van der Waals surface area contributed by atoms with Gasteiger partial charge < -0.3 is 10.3 Å². The Labute approximate surface area is 145 Å². The molecular weight excluding hydrogens is 314 g/mol. The average Bonchev–Trinajstić information content (AvgIpc) is 2.64. The minimum atomic E-state index is -0.253. The number of carbonyl (C=O) groups is 1. The Morgan fingerprint density at radius 1 is 0.920 bits per heavy atom. The highest BCUT2D eigenvalue weighted by atomic mass is 16.2. The zero-order valence-electron chi connectivity index (χ0n) is 13.6. The van der Waals surface area contributed by atoms with Crippen molar-refractivity contribution in [3.05, 3.63) is 100 Å². The molecule has 0 saturated carbocycles. The van der Waals surface area contributed by atoms with E-state index in [-0.39, 0.29) is 24.1 Å². The van der Waals surface area contributed by atoms with Crippen molar-refractivity contribution in [3.63, 3.8) is 0 Å². The molecule has 0 bridgehead atoms. The first-order valence-electron chi connectivity index (χ1n) is 8.04. The van der Waals surface area contributed by atoms with Gasteiger partial charge in [-0.25, -0.2) is 0 Å². The molecule has 25 heavy (non-hydrogen) atoms. The summed E-state index contributed by atoms with van der Waals surface area (Å²) in [6, 6.07) is 22.8. The van der Waals surface area contributed by atoms with E-state index < -0.39 is 0 Å². The van der Waals surface area contributed by atoms with Crippen molar-refractivity contribution < 1.29 is 4.79 Å². The van der Waals surface area contributed by atoms with Gasteiger partial charge in [0.1, 0.15) is 0 Å². The summed E-state index contributed by atoms with van der Waals surface area (Å²) in [4.78, 5) is 26.0. The summed E-state index contributed by atoms with van der Waals surface area (Å²) < 4.78 is 0. The van der Waals surface area contributed by atoms with Crippen molar-refractivity contribution in [1.29, 1.82) is 0 Å². The van der Waals surface area contributed by atoms with Crippen LogP contribution in [-0.4, -0.2) is 17.4 Å². The smallest absolute Gasteiger partial charge is 0.249 e. The molecular formula is C20H19N3O2. The Morgan fingerprint density at radius 2 is 1.52 bits per heavy atom. The molecule has 1 amide bonds. The van der Waals surface area contributed by atoms with E-state index in [0.29, 0.717) is 5.69 Å². The van der Waals surface area contributed by atoms with E-state index in [1.807, 2.05) is 60.7 Å². The molecule has 0 aliphatic rings. The fourth-order valence-corrected chi connectivity index (χ4v) is 2.64. The lowest BCUT2D eigenvalue weighted by Crippen LogP contribution is -2.32. The Morgan fingerprint density at radius 3 is 2.08 bits per heavy atom. The molecule has 1 aromatic heterocycles. The molecule has 0 spiro atoms. The quantitative estimate of drug-likeness (QED) is 0.649. The van der Waals surface area contributed by atoms with Crippen molar-refractivity contribution in [2.75, 3.05) is 11.9 Å². The third-order valence-electron chi connectivity index (χ3n) is 3.79. The molecule has 126 valence electrons. The van der Waals surface area contributed by atoms with Gasteiger partial charge in [-0.1, -0.05) is 60.7 Å². The molecule has 1 heterocycles. The third-order valence-corrected chi connectivity index (χ3v) is 3.79. The molecule has 0 saturated heterocycles. The van der Waals surface area contributed by atoms with Crippen molar-refractivity contribution in [1.82, 2.24) is 10.3 Å². The number of H-pyrrole nitrogens is 1. The molecule has 0 fully saturated rings. The molecule has 0 aliphatic carbocycles. The summed E-state index contributed by atoms with van der Waals surface area (Å²) in [5.41, 5.74) is 2.39. The fraction of sp³-hybridized carbons (Fsp3) is 0.100. The first-order valence-corrected chi connectivity index (χ1v) is 8.04. The van der Waals surface area contributed by atoms with Crippen LogP contribution in [0.25, 0.3) is 0 Å². The lowest BCUT2D eigenvalue weighted by atomic mass is 9.99. The predicted octanol–water partition coefficient (Wildman–Crippen LogP) is 2.69. The van der Waals surface area contributed by atoms with E-state index in [4.69, 9.17) is 0 Å². The van der Waals surface area contributed by atoms with Gasteiger partial charge in [0.25, 0.3) is 0 Å². The van der Waals surface area contributed by atoms with Crippen LogP contribution in [0.15, 0.2) is 83.8 Å². The number of carbonyl (C=O) groups excluding carboxylic acids is 1. The maximum atomic E-state index is 12.2. The minimum absolute atomic E-state index is 0.0904. The van der Waals surface area contributed by atoms with Crippen LogP contribution < -0.4 is 16.2 Å². The highest BCUT2D eigenvalue weighted by Crippen LogP contribution is 2.21. The number of anilines is 1. The van der Waals surface area contributed by atoms with Gasteiger partial charge >= 0.3 is 0 Å². The van der Waals surface area contributed by atoms with Crippen LogP contribution in [0.3, 0.4) is 0 Å². The van der Waals surface area contributed by atoms with Crippen molar-refractivity contribution >= 4 is 11.6 Å². The largest absolute Gasteiger partial charge is 0.329 e. The SMILES string of the molecule is O=C(CNC(c1ccccc1)c1ccccc1)Nc1cc[nH]c(=O)c1. The molecule has 5 nitrogen and oxygen atoms in total. The molecule has 0 aliphatic heterocycles. The molecule has 3 rings (SSSR count). The van der Waals surface area contributed by atoms with Gasteiger partial charge in [0, 0.05) is 18.0 Å². The Bertz CT molecular complexity index is 836. The van der Waals surface area contributed by atoms with Crippen LogP contribution in [-0.2, 0) is 4.79 Å². The van der Waals surface area contributed by atoms with Gasteiger partial charge in [-0.3, -0.25) is 14.9 Å². The van der Waals surface area contributed by atoms with Crippen LogP contribution in [0.2, 0.25) is 0 Å². The summed E-state index contributed by atoms with van der Waals surface area (Å²) in [5.74, 6) is -0.206. The topological polar surface area (TPSA) is 74.0 Å². The van der Waals surface area contributed by atoms with Crippen LogP contribution in [0.1, 0.15) is 17.2 Å². The van der Waals surface area contributed by atoms with Crippen molar-refractivity contribution in [2.24, 2.45) is 0 Å². The van der Waals surface area contributed by atoms with Crippen molar-refractivity contribution in [2.45, 2.75) is 6.04 Å². The fourth-order valence-electron chi connectivity index (χ4n) is 2.64. The highest BCUT2D eigenvalue weighted by Gasteiger charge is 2.14. The van der Waals surface area contributed by atoms with Crippen molar-refractivity contribution in [3.8, 4) is 0 Å². The first-order chi connectivity index (χ1) is 12.2. The maximum Gasteiger partial charge on any atom is 0.249 e. The zero-order valence-corrected chi connectivity index (χ0v) is 13.6. The van der Waals surface area contributed by atoms with Gasteiger partial charge in [0.2, 0.25) is 11.5 Å². The number of amides is 1. The highest BCUT2D eigenvalue weighted by molar-refractivity contribution is 5.92. The summed E-state index contributed by atoms with van der Waals surface area (Å²) in [6.45, 7) is 0.126. The Balaban J connectivity index is 1.71. The summed E-state index contributed by atoms with van der Waals surface area (Å²) in [5, 5.41) is 6.01. The normalized spacial score (nSPS) is 10.6. The van der Waals surface area contributed by atoms with Crippen LogP contribution in [0.4, 0.5) is 5.69 Å². The predicted molar refractivity (Wildman–Crippen MR) is 98.4 cm³/mol. The first kappa shape index (κ1) is 16.7. The van der Waals surface area contributed by atoms with Gasteiger partial charge in [-0.2, -0.15) is 0 Å². The second kappa shape index (κ2) is 8.08. The molecule has 0 radical (unpaired) electrons. The lowest BCUT2D eigenvalue weighted by molar-refractivity contribution is -0.115. The number of hydrogen-bond acceptors (Lipinski definition) is 3. The van der Waals surface area contributed by atoms with Gasteiger partial charge in [0.05, 0.1) is 12.6 Å². The molecule has 3 aromatic rings. The number of pyridine rings is 1. The molecule has 3 N–H and O–H groups in total. The number of aromatic amines is 1. The Hall–Kier alpha value is -3.18. The van der Waals surface area contributed by atoms with E-state index >= 15 is 0 Å². The number of aromatic nitrogens is 1. The van der Waals surface area contributed by atoms with Gasteiger partial charge in [0.15, 0.2) is 0 Å². The summed E-state index contributed by atoms with van der Waals surface area (Å²) >= 11 is 0.